The third kappa shape index (κ3) is 2.43. The van der Waals surface area contributed by atoms with Crippen LogP contribution in [0.4, 0.5) is 0 Å². The van der Waals surface area contributed by atoms with Crippen LogP contribution in [0.1, 0.15) is 58.8 Å². The minimum absolute atomic E-state index is 0.0677. The van der Waals surface area contributed by atoms with Crippen LogP contribution in [0.15, 0.2) is 0 Å². The van der Waals surface area contributed by atoms with Crippen molar-refractivity contribution in [1.29, 1.82) is 0 Å². The van der Waals surface area contributed by atoms with Gasteiger partial charge in [0.15, 0.2) is 0 Å². The molecule has 2 rings (SSSR count). The number of hydrogen-bond donors (Lipinski definition) is 3. The summed E-state index contributed by atoms with van der Waals surface area (Å²) in [5, 5.41) is 12.5. The van der Waals surface area contributed by atoms with Crippen LogP contribution >= 0.6 is 0 Å². The smallest absolute Gasteiger partial charge is 0.311 e. The average Bonchev–Trinajstić information content (AvgIpc) is 2.73. The lowest BCUT2D eigenvalue weighted by molar-refractivity contribution is -0.152. The van der Waals surface area contributed by atoms with Gasteiger partial charge in [-0.25, -0.2) is 0 Å². The van der Waals surface area contributed by atoms with Crippen LogP contribution in [-0.2, 0) is 9.59 Å². The molecule has 4 unspecified atom stereocenters. The van der Waals surface area contributed by atoms with Gasteiger partial charge in [-0.3, -0.25) is 9.59 Å². The SMILES string of the molecule is CC1(C(=O)NC2CCCCC2(C)C(=O)O)CCCC1N. The molecule has 0 radical (unpaired) electrons. The zero-order valence-electron chi connectivity index (χ0n) is 12.4. The Morgan fingerprint density at radius 2 is 1.75 bits per heavy atom. The minimum atomic E-state index is -0.854. The fourth-order valence-electron chi connectivity index (χ4n) is 3.62. The number of nitrogens with two attached hydrogens (primary N) is 1. The molecular formula is C15H26N2O3. The molecule has 114 valence electrons. The van der Waals surface area contributed by atoms with Crippen molar-refractivity contribution in [3.8, 4) is 0 Å². The highest BCUT2D eigenvalue weighted by Crippen LogP contribution is 2.40. The van der Waals surface area contributed by atoms with E-state index in [0.717, 1.165) is 38.5 Å². The van der Waals surface area contributed by atoms with E-state index in [0.29, 0.717) is 6.42 Å². The number of nitrogens with one attached hydrogen (secondary N) is 1. The van der Waals surface area contributed by atoms with Crippen molar-refractivity contribution >= 4 is 11.9 Å². The van der Waals surface area contributed by atoms with Gasteiger partial charge in [0.25, 0.3) is 0 Å². The molecule has 0 aromatic rings. The van der Waals surface area contributed by atoms with Gasteiger partial charge in [0.2, 0.25) is 5.91 Å². The second-order valence-corrected chi connectivity index (χ2v) is 6.91. The molecule has 2 aliphatic carbocycles. The first kappa shape index (κ1) is 15.3. The van der Waals surface area contributed by atoms with Crippen LogP contribution in [0.3, 0.4) is 0 Å². The van der Waals surface area contributed by atoms with Gasteiger partial charge in [-0.15, -0.1) is 0 Å². The van der Waals surface area contributed by atoms with E-state index < -0.39 is 16.8 Å². The largest absolute Gasteiger partial charge is 0.481 e. The fourth-order valence-corrected chi connectivity index (χ4v) is 3.62. The minimum Gasteiger partial charge on any atom is -0.481 e. The Morgan fingerprint density at radius 3 is 2.30 bits per heavy atom. The van der Waals surface area contributed by atoms with Crippen LogP contribution in [0.2, 0.25) is 0 Å². The molecule has 5 nitrogen and oxygen atoms in total. The van der Waals surface area contributed by atoms with Crippen LogP contribution < -0.4 is 11.1 Å². The van der Waals surface area contributed by atoms with E-state index in [1.54, 1.807) is 6.92 Å². The molecule has 0 spiro atoms. The summed E-state index contributed by atoms with van der Waals surface area (Å²) in [7, 11) is 0. The van der Waals surface area contributed by atoms with E-state index in [1.807, 2.05) is 6.92 Å². The lowest BCUT2D eigenvalue weighted by Crippen LogP contribution is -2.57. The summed E-state index contributed by atoms with van der Waals surface area (Å²) in [5.74, 6) is -0.884. The molecule has 2 aliphatic rings. The molecule has 0 saturated heterocycles. The van der Waals surface area contributed by atoms with Gasteiger partial charge in [0.05, 0.1) is 10.8 Å². The Balaban J connectivity index is 2.11. The Kier molecular flexibility index (Phi) is 4.09. The zero-order chi connectivity index (χ0) is 15.0. The number of carbonyl (C=O) groups excluding carboxylic acids is 1. The number of amides is 1. The topological polar surface area (TPSA) is 92.4 Å². The van der Waals surface area contributed by atoms with Crippen molar-refractivity contribution in [1.82, 2.24) is 5.32 Å². The molecule has 0 aromatic carbocycles. The first-order valence-corrected chi connectivity index (χ1v) is 7.60. The molecule has 4 atom stereocenters. The lowest BCUT2D eigenvalue weighted by atomic mass is 9.71. The highest BCUT2D eigenvalue weighted by molar-refractivity contribution is 5.85. The number of carbonyl (C=O) groups is 2. The molecule has 2 fully saturated rings. The summed E-state index contributed by atoms with van der Waals surface area (Å²) < 4.78 is 0. The summed E-state index contributed by atoms with van der Waals surface area (Å²) in [5.41, 5.74) is 4.67. The van der Waals surface area contributed by atoms with E-state index >= 15 is 0 Å². The van der Waals surface area contributed by atoms with Crippen LogP contribution in [-0.4, -0.2) is 29.1 Å². The second kappa shape index (κ2) is 5.35. The summed E-state index contributed by atoms with van der Waals surface area (Å²) in [6.07, 6.45) is 5.85. The van der Waals surface area contributed by atoms with Crippen molar-refractivity contribution < 1.29 is 14.7 Å². The molecule has 2 saturated carbocycles. The summed E-state index contributed by atoms with van der Waals surface area (Å²) in [6, 6.07) is -0.409. The van der Waals surface area contributed by atoms with E-state index in [-0.39, 0.29) is 18.0 Å². The van der Waals surface area contributed by atoms with Gasteiger partial charge in [-0.05, 0) is 39.5 Å². The molecule has 4 N–H and O–H groups in total. The zero-order valence-corrected chi connectivity index (χ0v) is 12.4. The predicted octanol–water partition coefficient (Wildman–Crippen LogP) is 1.65. The Hall–Kier alpha value is -1.10. The summed E-state index contributed by atoms with van der Waals surface area (Å²) in [4.78, 5) is 24.1. The maximum atomic E-state index is 12.6. The summed E-state index contributed by atoms with van der Waals surface area (Å²) in [6.45, 7) is 3.65. The van der Waals surface area contributed by atoms with Crippen molar-refractivity contribution in [2.24, 2.45) is 16.6 Å². The predicted molar refractivity (Wildman–Crippen MR) is 76.1 cm³/mol. The molecule has 5 heteroatoms. The van der Waals surface area contributed by atoms with E-state index in [4.69, 9.17) is 5.73 Å². The number of carboxylic acids is 1. The Morgan fingerprint density at radius 1 is 1.10 bits per heavy atom. The van der Waals surface area contributed by atoms with Crippen LogP contribution in [0, 0.1) is 10.8 Å². The molecule has 1 amide bonds. The highest BCUT2D eigenvalue weighted by atomic mass is 16.4. The van der Waals surface area contributed by atoms with Gasteiger partial charge in [-0.2, -0.15) is 0 Å². The molecule has 0 bridgehead atoms. The first-order valence-electron chi connectivity index (χ1n) is 7.60. The number of rotatable bonds is 3. The number of aliphatic carboxylic acids is 1. The van der Waals surface area contributed by atoms with E-state index in [1.165, 1.54) is 0 Å². The third-order valence-electron chi connectivity index (χ3n) is 5.55. The van der Waals surface area contributed by atoms with Gasteiger partial charge in [0, 0.05) is 12.1 Å². The quantitative estimate of drug-likeness (QED) is 0.734. The highest BCUT2D eigenvalue weighted by Gasteiger charge is 2.48. The van der Waals surface area contributed by atoms with Crippen molar-refractivity contribution in [3.63, 3.8) is 0 Å². The number of carboxylic acid groups (broad SMARTS) is 1. The molecular weight excluding hydrogens is 256 g/mol. The molecule has 0 aliphatic heterocycles. The average molecular weight is 282 g/mol. The maximum Gasteiger partial charge on any atom is 0.311 e. The lowest BCUT2D eigenvalue weighted by Gasteiger charge is -2.40. The van der Waals surface area contributed by atoms with Crippen LogP contribution in [0.25, 0.3) is 0 Å². The molecule has 20 heavy (non-hydrogen) atoms. The van der Waals surface area contributed by atoms with Gasteiger partial charge in [0.1, 0.15) is 0 Å². The van der Waals surface area contributed by atoms with Gasteiger partial charge >= 0.3 is 5.97 Å². The Bertz CT molecular complexity index is 412. The first-order chi connectivity index (χ1) is 9.30. The maximum absolute atomic E-state index is 12.6. The Labute approximate surface area is 120 Å². The monoisotopic (exact) mass is 282 g/mol. The second-order valence-electron chi connectivity index (χ2n) is 6.91. The van der Waals surface area contributed by atoms with Gasteiger partial charge < -0.3 is 16.2 Å². The van der Waals surface area contributed by atoms with E-state index in [9.17, 15) is 14.7 Å². The van der Waals surface area contributed by atoms with Crippen molar-refractivity contribution in [3.05, 3.63) is 0 Å². The fraction of sp³-hybridized carbons (Fsp3) is 0.867. The summed E-state index contributed by atoms with van der Waals surface area (Å²) >= 11 is 0. The molecule has 0 heterocycles. The normalized spacial score (nSPS) is 41.4. The van der Waals surface area contributed by atoms with E-state index in [2.05, 4.69) is 5.32 Å². The van der Waals surface area contributed by atoms with Gasteiger partial charge in [-0.1, -0.05) is 19.3 Å². The van der Waals surface area contributed by atoms with Crippen LogP contribution in [0.5, 0.6) is 0 Å². The van der Waals surface area contributed by atoms with Crippen molar-refractivity contribution in [2.45, 2.75) is 70.9 Å². The standard InChI is InChI=1S/C15H26N2O3/c1-14(9-5-6-10(14)16)12(18)17-11-7-3-4-8-15(11,2)13(19)20/h10-11H,3-9,16H2,1-2H3,(H,17,18)(H,19,20). The van der Waals surface area contributed by atoms with Crippen molar-refractivity contribution in [2.75, 3.05) is 0 Å². The molecule has 0 aromatic heterocycles. The third-order valence-corrected chi connectivity index (χ3v) is 5.55. The number of hydrogen-bond acceptors (Lipinski definition) is 3.